The van der Waals surface area contributed by atoms with Crippen molar-refractivity contribution in [2.75, 3.05) is 0 Å². The van der Waals surface area contributed by atoms with E-state index in [1.54, 1.807) is 12.4 Å². The van der Waals surface area contributed by atoms with Crippen molar-refractivity contribution in [2.45, 2.75) is 32.0 Å². The maximum absolute atomic E-state index is 5.76. The lowest BCUT2D eigenvalue weighted by molar-refractivity contribution is 0.437. The van der Waals surface area contributed by atoms with Gasteiger partial charge >= 0.3 is 6.01 Å². The molecule has 3 nitrogen and oxygen atoms in total. The quantitative estimate of drug-likeness (QED) is 0.772. The van der Waals surface area contributed by atoms with Crippen LogP contribution < -0.4 is 4.74 Å². The van der Waals surface area contributed by atoms with E-state index in [9.17, 15) is 0 Å². The minimum absolute atomic E-state index is 0.383. The zero-order valence-corrected chi connectivity index (χ0v) is 12.9. The molecule has 19 heavy (non-hydrogen) atoms. The minimum Gasteiger partial charge on any atom is -0.424 e. The van der Waals surface area contributed by atoms with Crippen molar-refractivity contribution in [3.05, 3.63) is 47.3 Å². The van der Waals surface area contributed by atoms with E-state index in [0.717, 1.165) is 22.2 Å². The topological polar surface area (TPSA) is 35.0 Å². The molecule has 0 aliphatic rings. The lowest BCUT2D eigenvalue weighted by Crippen LogP contribution is -1.96. The second kappa shape index (κ2) is 6.15. The number of rotatable bonds is 4. The molecule has 1 heterocycles. The Morgan fingerprint density at radius 2 is 1.89 bits per heavy atom. The van der Waals surface area contributed by atoms with Crippen LogP contribution in [0.5, 0.6) is 11.8 Å². The Kier molecular flexibility index (Phi) is 4.53. The monoisotopic (exact) mass is 320 g/mol. The van der Waals surface area contributed by atoms with Crippen molar-refractivity contribution in [3.8, 4) is 11.8 Å². The van der Waals surface area contributed by atoms with Gasteiger partial charge in [-0.15, -0.1) is 0 Å². The van der Waals surface area contributed by atoms with E-state index in [1.165, 1.54) is 5.56 Å². The average molecular weight is 321 g/mol. The van der Waals surface area contributed by atoms with Crippen molar-refractivity contribution in [1.82, 2.24) is 9.97 Å². The van der Waals surface area contributed by atoms with Gasteiger partial charge in [0.25, 0.3) is 0 Å². The van der Waals surface area contributed by atoms with Crippen LogP contribution in [0.2, 0.25) is 0 Å². The van der Waals surface area contributed by atoms with Gasteiger partial charge in [-0.3, -0.25) is 0 Å². The van der Waals surface area contributed by atoms with E-state index in [1.807, 2.05) is 6.92 Å². The van der Waals surface area contributed by atoms with Gasteiger partial charge in [-0.1, -0.05) is 41.9 Å². The Balaban J connectivity index is 2.23. The molecule has 0 bridgehead atoms. The molecule has 100 valence electrons. The third kappa shape index (κ3) is 3.53. The molecule has 0 radical (unpaired) electrons. The first-order valence-electron chi connectivity index (χ1n) is 6.25. The highest BCUT2D eigenvalue weighted by molar-refractivity contribution is 9.08. The lowest BCUT2D eigenvalue weighted by Gasteiger charge is -2.11. The third-order valence-electron chi connectivity index (χ3n) is 2.92. The molecule has 0 spiro atoms. The van der Waals surface area contributed by atoms with Crippen LogP contribution in [-0.2, 0) is 5.33 Å². The first-order chi connectivity index (χ1) is 9.10. The number of alkyl halides is 1. The van der Waals surface area contributed by atoms with Crippen molar-refractivity contribution in [1.29, 1.82) is 0 Å². The number of nitrogens with zero attached hydrogens (tertiary/aromatic N) is 2. The molecule has 0 saturated heterocycles. The van der Waals surface area contributed by atoms with Gasteiger partial charge in [-0.2, -0.15) is 0 Å². The number of halogens is 1. The van der Waals surface area contributed by atoms with Gasteiger partial charge in [0.1, 0.15) is 5.75 Å². The molecule has 2 aromatic rings. The predicted molar refractivity (Wildman–Crippen MR) is 80.0 cm³/mol. The van der Waals surface area contributed by atoms with E-state index in [0.29, 0.717) is 11.9 Å². The van der Waals surface area contributed by atoms with Crippen LogP contribution in [0.4, 0.5) is 0 Å². The minimum atomic E-state index is 0.383. The first-order valence-corrected chi connectivity index (χ1v) is 7.37. The average Bonchev–Trinajstić information content (AvgIpc) is 2.42. The molecule has 0 fully saturated rings. The predicted octanol–water partition coefficient (Wildman–Crippen LogP) is 4.60. The van der Waals surface area contributed by atoms with Gasteiger partial charge in [0.05, 0.1) is 0 Å². The Morgan fingerprint density at radius 3 is 2.47 bits per heavy atom. The fourth-order valence-corrected chi connectivity index (χ4v) is 1.94. The second-order valence-corrected chi connectivity index (χ2v) is 5.35. The Bertz CT molecular complexity index is 553. The van der Waals surface area contributed by atoms with Crippen LogP contribution in [0.25, 0.3) is 0 Å². The summed E-state index contributed by atoms with van der Waals surface area (Å²) in [5.41, 5.74) is 3.36. The molecular weight excluding hydrogens is 304 g/mol. The summed E-state index contributed by atoms with van der Waals surface area (Å²) in [7, 11) is 0. The number of hydrogen-bond donors (Lipinski definition) is 0. The molecule has 0 aliphatic heterocycles. The van der Waals surface area contributed by atoms with Crippen molar-refractivity contribution in [3.63, 3.8) is 0 Å². The molecule has 0 unspecified atom stereocenters. The van der Waals surface area contributed by atoms with Crippen molar-refractivity contribution < 1.29 is 4.74 Å². The van der Waals surface area contributed by atoms with E-state index < -0.39 is 0 Å². The fraction of sp³-hybridized carbons (Fsp3) is 0.333. The largest absolute Gasteiger partial charge is 0.424 e. The molecule has 0 saturated carbocycles. The van der Waals surface area contributed by atoms with E-state index in [-0.39, 0.29) is 0 Å². The highest BCUT2D eigenvalue weighted by Crippen LogP contribution is 2.27. The fourth-order valence-electron chi connectivity index (χ4n) is 1.65. The molecule has 1 aromatic heterocycles. The van der Waals surface area contributed by atoms with Gasteiger partial charge in [0.15, 0.2) is 0 Å². The lowest BCUT2D eigenvalue weighted by atomic mass is 10.0. The van der Waals surface area contributed by atoms with Crippen LogP contribution in [0.3, 0.4) is 0 Å². The van der Waals surface area contributed by atoms with Gasteiger partial charge < -0.3 is 4.74 Å². The summed E-state index contributed by atoms with van der Waals surface area (Å²) in [6.07, 6.45) is 3.53. The number of hydrogen-bond acceptors (Lipinski definition) is 3. The Hall–Kier alpha value is -1.42. The molecular formula is C15H17BrN2O. The van der Waals surface area contributed by atoms with Crippen molar-refractivity contribution in [2.24, 2.45) is 0 Å². The maximum atomic E-state index is 5.76. The summed E-state index contributed by atoms with van der Waals surface area (Å²) in [4.78, 5) is 8.39. The molecule has 4 heteroatoms. The number of ether oxygens (including phenoxy) is 1. The summed E-state index contributed by atoms with van der Waals surface area (Å²) < 4.78 is 5.76. The van der Waals surface area contributed by atoms with Crippen LogP contribution in [0.1, 0.15) is 36.5 Å². The Morgan fingerprint density at radius 1 is 1.21 bits per heavy atom. The van der Waals surface area contributed by atoms with Crippen molar-refractivity contribution >= 4 is 15.9 Å². The van der Waals surface area contributed by atoms with E-state index in [4.69, 9.17) is 4.74 Å². The van der Waals surface area contributed by atoms with E-state index >= 15 is 0 Å². The number of aryl methyl sites for hydroxylation is 1. The van der Waals surface area contributed by atoms with Crippen LogP contribution >= 0.6 is 15.9 Å². The zero-order valence-electron chi connectivity index (χ0n) is 11.4. The van der Waals surface area contributed by atoms with Gasteiger partial charge in [-0.25, -0.2) is 9.97 Å². The SMILES string of the molecule is Cc1ccc(C(C)C)cc1Oc1ncc(CBr)cn1. The van der Waals surface area contributed by atoms with Gasteiger partial charge in [0, 0.05) is 17.7 Å². The summed E-state index contributed by atoms with van der Waals surface area (Å²) in [5, 5.41) is 0.745. The molecule has 2 rings (SSSR count). The molecule has 1 aromatic carbocycles. The summed E-state index contributed by atoms with van der Waals surface area (Å²) >= 11 is 3.37. The molecule has 0 atom stereocenters. The summed E-state index contributed by atoms with van der Waals surface area (Å²) in [5.74, 6) is 1.29. The molecule has 0 N–H and O–H groups in total. The first kappa shape index (κ1) is 14.0. The number of aromatic nitrogens is 2. The smallest absolute Gasteiger partial charge is 0.321 e. The van der Waals surface area contributed by atoms with Gasteiger partial charge in [-0.05, 0) is 35.6 Å². The standard InChI is InChI=1S/C15H17BrN2O/c1-10(2)13-5-4-11(3)14(6-13)19-15-17-8-12(7-16)9-18-15/h4-6,8-10H,7H2,1-3H3. The Labute approximate surface area is 122 Å². The highest BCUT2D eigenvalue weighted by atomic mass is 79.9. The van der Waals surface area contributed by atoms with E-state index in [2.05, 4.69) is 57.9 Å². The summed E-state index contributed by atoms with van der Waals surface area (Å²) in [6.45, 7) is 6.35. The van der Waals surface area contributed by atoms with Crippen LogP contribution in [0.15, 0.2) is 30.6 Å². The molecule has 0 aliphatic carbocycles. The zero-order chi connectivity index (χ0) is 13.8. The third-order valence-corrected chi connectivity index (χ3v) is 3.56. The molecule has 0 amide bonds. The maximum Gasteiger partial charge on any atom is 0.321 e. The van der Waals surface area contributed by atoms with Crippen LogP contribution in [0, 0.1) is 6.92 Å². The van der Waals surface area contributed by atoms with Crippen LogP contribution in [-0.4, -0.2) is 9.97 Å². The number of benzene rings is 1. The highest BCUT2D eigenvalue weighted by Gasteiger charge is 2.07. The normalized spacial score (nSPS) is 10.8. The summed E-state index contributed by atoms with van der Waals surface area (Å²) in [6, 6.07) is 6.63. The second-order valence-electron chi connectivity index (χ2n) is 4.79. The van der Waals surface area contributed by atoms with Gasteiger partial charge in [0.2, 0.25) is 0 Å².